The van der Waals surface area contributed by atoms with Crippen LogP contribution in [0.3, 0.4) is 0 Å². The van der Waals surface area contributed by atoms with Gasteiger partial charge in [0.2, 0.25) is 0 Å². The minimum Gasteiger partial charge on any atom is -0.495 e. The number of nitrogen functional groups attached to an aromatic ring is 1. The minimum absolute atomic E-state index is 0.0331. The molecule has 4 rings (SSSR count). The molecule has 0 spiro atoms. The molecule has 1 aliphatic carbocycles. The summed E-state index contributed by atoms with van der Waals surface area (Å²) in [6.45, 7) is 0.435. The van der Waals surface area contributed by atoms with Crippen LogP contribution >= 0.6 is 0 Å². The van der Waals surface area contributed by atoms with E-state index in [9.17, 15) is 4.79 Å². The largest absolute Gasteiger partial charge is 0.495 e. The van der Waals surface area contributed by atoms with Crippen LogP contribution < -0.4 is 15.8 Å². The molecule has 150 valence electrons. The van der Waals surface area contributed by atoms with E-state index in [-0.39, 0.29) is 19.1 Å². The van der Waals surface area contributed by atoms with Crippen LogP contribution in [-0.2, 0) is 4.74 Å². The topological polar surface area (TPSA) is 73.6 Å². The lowest BCUT2D eigenvalue weighted by molar-refractivity contribution is 0.144. The summed E-state index contributed by atoms with van der Waals surface area (Å²) in [6.07, 6.45) is -0.495. The molecule has 0 radical (unpaired) electrons. The standard InChI is InChI=1S/C25H22N2O3/c1-29-24-13-12-18(26)15-17(24)7-6-14-27-25(28)30-16-23-21-10-4-2-8-19(21)20-9-3-5-11-22(20)23/h2-5,8-13,15,23H,14,16,26H2,1H3,(H,27,28). The maximum absolute atomic E-state index is 12.2. The third-order valence-electron chi connectivity index (χ3n) is 5.11. The Morgan fingerprint density at radius 1 is 1.03 bits per heavy atom. The summed E-state index contributed by atoms with van der Waals surface area (Å²) in [5.41, 5.74) is 11.8. The van der Waals surface area contributed by atoms with Crippen molar-refractivity contribution in [3.05, 3.63) is 83.4 Å². The first-order valence-electron chi connectivity index (χ1n) is 9.68. The van der Waals surface area contributed by atoms with Gasteiger partial charge in [0.15, 0.2) is 0 Å². The number of nitrogens with one attached hydrogen (secondary N) is 1. The third-order valence-corrected chi connectivity index (χ3v) is 5.11. The van der Waals surface area contributed by atoms with Gasteiger partial charge >= 0.3 is 6.09 Å². The van der Waals surface area contributed by atoms with Crippen molar-refractivity contribution >= 4 is 11.8 Å². The number of amides is 1. The van der Waals surface area contributed by atoms with E-state index in [1.807, 2.05) is 24.3 Å². The fraction of sp³-hybridized carbons (Fsp3) is 0.160. The number of anilines is 1. The number of carbonyl (C=O) groups is 1. The average molecular weight is 398 g/mol. The molecule has 0 bridgehead atoms. The fourth-order valence-electron chi connectivity index (χ4n) is 3.73. The summed E-state index contributed by atoms with van der Waals surface area (Å²) in [5, 5.41) is 2.67. The van der Waals surface area contributed by atoms with Gasteiger partial charge in [-0.05, 0) is 40.5 Å². The van der Waals surface area contributed by atoms with E-state index in [4.69, 9.17) is 15.2 Å². The monoisotopic (exact) mass is 398 g/mol. The van der Waals surface area contributed by atoms with Crippen molar-refractivity contribution < 1.29 is 14.3 Å². The highest BCUT2D eigenvalue weighted by Crippen LogP contribution is 2.44. The Balaban J connectivity index is 1.36. The van der Waals surface area contributed by atoms with Crippen molar-refractivity contribution in [2.24, 2.45) is 0 Å². The van der Waals surface area contributed by atoms with E-state index < -0.39 is 6.09 Å². The quantitative estimate of drug-likeness (QED) is 0.511. The Bertz CT molecular complexity index is 1100. The second-order valence-electron chi connectivity index (χ2n) is 6.94. The van der Waals surface area contributed by atoms with Gasteiger partial charge in [-0.1, -0.05) is 60.4 Å². The van der Waals surface area contributed by atoms with Crippen molar-refractivity contribution in [3.8, 4) is 28.7 Å². The van der Waals surface area contributed by atoms with Gasteiger partial charge in [-0.2, -0.15) is 0 Å². The maximum Gasteiger partial charge on any atom is 0.407 e. The van der Waals surface area contributed by atoms with E-state index in [0.717, 1.165) is 0 Å². The van der Waals surface area contributed by atoms with E-state index in [2.05, 4.69) is 41.4 Å². The normalized spacial score (nSPS) is 11.6. The Labute approximate surface area is 175 Å². The van der Waals surface area contributed by atoms with Crippen LogP contribution in [-0.4, -0.2) is 26.4 Å². The molecule has 3 aromatic carbocycles. The molecular formula is C25H22N2O3. The lowest BCUT2D eigenvalue weighted by atomic mass is 9.98. The third kappa shape index (κ3) is 3.94. The van der Waals surface area contributed by atoms with Gasteiger partial charge in [0, 0.05) is 11.6 Å². The maximum atomic E-state index is 12.2. The van der Waals surface area contributed by atoms with Crippen molar-refractivity contribution in [1.82, 2.24) is 5.32 Å². The van der Waals surface area contributed by atoms with Crippen LogP contribution in [0.4, 0.5) is 10.5 Å². The number of fused-ring (bicyclic) bond motifs is 3. The smallest absolute Gasteiger partial charge is 0.407 e. The van der Waals surface area contributed by atoms with Crippen LogP contribution in [0.1, 0.15) is 22.6 Å². The second-order valence-corrected chi connectivity index (χ2v) is 6.94. The highest BCUT2D eigenvalue weighted by molar-refractivity contribution is 5.79. The molecule has 3 aromatic rings. The first-order chi connectivity index (χ1) is 14.7. The number of rotatable bonds is 4. The Hall–Kier alpha value is -3.91. The van der Waals surface area contributed by atoms with Crippen LogP contribution in [0.2, 0.25) is 0 Å². The zero-order valence-electron chi connectivity index (χ0n) is 16.6. The van der Waals surface area contributed by atoms with Crippen molar-refractivity contribution in [2.75, 3.05) is 26.0 Å². The molecule has 0 aromatic heterocycles. The molecule has 0 atom stereocenters. The van der Waals surface area contributed by atoms with Gasteiger partial charge in [-0.3, -0.25) is 0 Å². The average Bonchev–Trinajstić information content (AvgIpc) is 3.09. The number of benzene rings is 3. The molecule has 30 heavy (non-hydrogen) atoms. The zero-order valence-corrected chi connectivity index (χ0v) is 16.6. The summed E-state index contributed by atoms with van der Waals surface area (Å²) in [5.74, 6) is 6.52. The van der Waals surface area contributed by atoms with E-state index >= 15 is 0 Å². The zero-order chi connectivity index (χ0) is 20.9. The molecule has 1 aliphatic rings. The number of hydrogen-bond donors (Lipinski definition) is 2. The molecular weight excluding hydrogens is 376 g/mol. The number of alkyl carbamates (subject to hydrolysis) is 1. The molecule has 0 fully saturated rings. The summed E-state index contributed by atoms with van der Waals surface area (Å²) in [7, 11) is 1.58. The first-order valence-corrected chi connectivity index (χ1v) is 9.68. The SMILES string of the molecule is COc1ccc(N)cc1C#CCNC(=O)OCC1c2ccccc2-c2ccccc21. The molecule has 5 heteroatoms. The number of nitrogens with two attached hydrogens (primary N) is 1. The summed E-state index contributed by atoms with van der Waals surface area (Å²) in [4.78, 5) is 12.2. The first kappa shape index (κ1) is 19.4. The highest BCUT2D eigenvalue weighted by Gasteiger charge is 2.28. The minimum atomic E-state index is -0.495. The van der Waals surface area contributed by atoms with Crippen molar-refractivity contribution in [2.45, 2.75) is 5.92 Å². The summed E-state index contributed by atoms with van der Waals surface area (Å²) in [6, 6.07) is 21.7. The molecule has 0 saturated carbocycles. The number of methoxy groups -OCH3 is 1. The lowest BCUT2D eigenvalue weighted by Crippen LogP contribution is -2.26. The van der Waals surface area contributed by atoms with E-state index in [0.29, 0.717) is 17.0 Å². The molecule has 3 N–H and O–H groups in total. The lowest BCUT2D eigenvalue weighted by Gasteiger charge is -2.14. The highest BCUT2D eigenvalue weighted by atomic mass is 16.5. The second kappa shape index (κ2) is 8.62. The molecule has 0 unspecified atom stereocenters. The van der Waals surface area contributed by atoms with Crippen LogP contribution in [0.15, 0.2) is 66.7 Å². The van der Waals surface area contributed by atoms with Gasteiger partial charge in [-0.15, -0.1) is 0 Å². The van der Waals surface area contributed by atoms with Crippen molar-refractivity contribution in [3.63, 3.8) is 0 Å². The van der Waals surface area contributed by atoms with Gasteiger partial charge in [-0.25, -0.2) is 4.79 Å². The molecule has 0 heterocycles. The molecule has 5 nitrogen and oxygen atoms in total. The van der Waals surface area contributed by atoms with Gasteiger partial charge in [0.25, 0.3) is 0 Å². The Kier molecular flexibility index (Phi) is 5.58. The van der Waals surface area contributed by atoms with Gasteiger partial charge < -0.3 is 20.5 Å². The number of ether oxygens (including phenoxy) is 2. The summed E-state index contributed by atoms with van der Waals surface area (Å²) >= 11 is 0. The van der Waals surface area contributed by atoms with Crippen LogP contribution in [0.25, 0.3) is 11.1 Å². The summed E-state index contributed by atoms with van der Waals surface area (Å²) < 4.78 is 10.8. The van der Waals surface area contributed by atoms with E-state index in [1.54, 1.807) is 25.3 Å². The van der Waals surface area contributed by atoms with Crippen LogP contribution in [0.5, 0.6) is 5.75 Å². The predicted octanol–water partition coefficient (Wildman–Crippen LogP) is 4.17. The Morgan fingerprint density at radius 3 is 2.37 bits per heavy atom. The van der Waals surface area contributed by atoms with Crippen LogP contribution in [0, 0.1) is 11.8 Å². The van der Waals surface area contributed by atoms with Gasteiger partial charge in [0.05, 0.1) is 19.2 Å². The fourth-order valence-corrected chi connectivity index (χ4v) is 3.73. The van der Waals surface area contributed by atoms with Gasteiger partial charge in [0.1, 0.15) is 12.4 Å². The Morgan fingerprint density at radius 2 is 1.70 bits per heavy atom. The molecule has 0 aliphatic heterocycles. The predicted molar refractivity (Wildman–Crippen MR) is 117 cm³/mol. The molecule has 1 amide bonds. The number of carbonyl (C=O) groups excluding carboxylic acids is 1. The molecule has 0 saturated heterocycles. The number of hydrogen-bond acceptors (Lipinski definition) is 4. The van der Waals surface area contributed by atoms with E-state index in [1.165, 1.54) is 22.3 Å². The van der Waals surface area contributed by atoms with Crippen molar-refractivity contribution in [1.29, 1.82) is 0 Å².